The number of carbonyl (C=O) groups is 2. The van der Waals surface area contributed by atoms with Crippen LogP contribution < -0.4 is 5.32 Å². The van der Waals surface area contributed by atoms with E-state index in [1.807, 2.05) is 6.08 Å². The first kappa shape index (κ1) is 14.5. The van der Waals surface area contributed by atoms with Crippen LogP contribution >= 0.6 is 0 Å². The normalized spacial score (nSPS) is 15.2. The van der Waals surface area contributed by atoms with Crippen molar-refractivity contribution in [1.29, 1.82) is 0 Å². The first-order valence-corrected chi connectivity index (χ1v) is 6.05. The molecule has 0 saturated heterocycles. The molecule has 2 amide bonds. The van der Waals surface area contributed by atoms with Crippen molar-refractivity contribution in [2.75, 3.05) is 33.4 Å². The highest BCUT2D eigenvalue weighted by molar-refractivity contribution is 5.74. The number of carboxylic acids is 1. The zero-order chi connectivity index (χ0) is 13.4. The third-order valence-electron chi connectivity index (χ3n) is 2.76. The summed E-state index contributed by atoms with van der Waals surface area (Å²) in [6, 6.07) is -0.131. The average Bonchev–Trinajstić information content (AvgIpc) is 2.35. The summed E-state index contributed by atoms with van der Waals surface area (Å²) in [5.41, 5.74) is 1.22. The molecule has 1 aliphatic rings. The number of carboxylic acid groups (broad SMARTS) is 1. The molecule has 1 heterocycles. The van der Waals surface area contributed by atoms with E-state index in [0.717, 1.165) is 6.42 Å². The number of nitrogens with zero attached hydrogens (tertiary/aromatic N) is 1. The van der Waals surface area contributed by atoms with E-state index in [2.05, 4.69) is 5.32 Å². The Hall–Kier alpha value is -1.56. The third-order valence-corrected chi connectivity index (χ3v) is 2.76. The van der Waals surface area contributed by atoms with Gasteiger partial charge in [0.05, 0.1) is 6.61 Å². The SMILES string of the molecule is COCC1=CCN(C(=O)NCCCC(=O)O)CC1. The van der Waals surface area contributed by atoms with Crippen LogP contribution in [0.2, 0.25) is 0 Å². The Kier molecular flexibility index (Phi) is 6.21. The van der Waals surface area contributed by atoms with E-state index in [0.29, 0.717) is 32.7 Å². The van der Waals surface area contributed by atoms with Crippen LogP contribution in [0.15, 0.2) is 11.6 Å². The molecular formula is C12H20N2O4. The molecule has 0 fully saturated rings. The van der Waals surface area contributed by atoms with Crippen LogP contribution in [0.3, 0.4) is 0 Å². The number of aliphatic carboxylic acids is 1. The fourth-order valence-electron chi connectivity index (χ4n) is 1.76. The van der Waals surface area contributed by atoms with Crippen LogP contribution in [0.1, 0.15) is 19.3 Å². The van der Waals surface area contributed by atoms with Crippen LogP contribution in [0.4, 0.5) is 4.79 Å². The molecule has 0 aromatic carbocycles. The van der Waals surface area contributed by atoms with E-state index in [-0.39, 0.29) is 12.5 Å². The van der Waals surface area contributed by atoms with Crippen molar-refractivity contribution < 1.29 is 19.4 Å². The molecule has 0 bridgehead atoms. The van der Waals surface area contributed by atoms with Crippen LogP contribution in [0.25, 0.3) is 0 Å². The maximum Gasteiger partial charge on any atom is 0.317 e. The van der Waals surface area contributed by atoms with Gasteiger partial charge < -0.3 is 20.1 Å². The summed E-state index contributed by atoms with van der Waals surface area (Å²) in [6.07, 6.45) is 3.37. The summed E-state index contributed by atoms with van der Waals surface area (Å²) < 4.78 is 5.04. The number of rotatable bonds is 6. The monoisotopic (exact) mass is 256 g/mol. The summed E-state index contributed by atoms with van der Waals surface area (Å²) in [4.78, 5) is 23.7. The smallest absolute Gasteiger partial charge is 0.317 e. The first-order valence-electron chi connectivity index (χ1n) is 6.05. The van der Waals surface area contributed by atoms with Gasteiger partial charge in [-0.2, -0.15) is 0 Å². The number of hydrogen-bond acceptors (Lipinski definition) is 3. The molecular weight excluding hydrogens is 236 g/mol. The van der Waals surface area contributed by atoms with E-state index < -0.39 is 5.97 Å². The van der Waals surface area contributed by atoms with Crippen molar-refractivity contribution in [2.24, 2.45) is 0 Å². The van der Waals surface area contributed by atoms with E-state index in [1.54, 1.807) is 12.0 Å². The van der Waals surface area contributed by atoms with Crippen LogP contribution in [0, 0.1) is 0 Å². The standard InChI is InChI=1S/C12H20N2O4/c1-18-9-10-4-7-14(8-5-10)12(17)13-6-2-3-11(15)16/h4H,2-3,5-9H2,1H3,(H,13,17)(H,15,16). The predicted molar refractivity (Wildman–Crippen MR) is 66.4 cm³/mol. The lowest BCUT2D eigenvalue weighted by Gasteiger charge is -2.26. The third kappa shape index (κ3) is 5.18. The molecule has 6 nitrogen and oxygen atoms in total. The number of amides is 2. The first-order chi connectivity index (χ1) is 8.63. The van der Waals surface area contributed by atoms with E-state index in [9.17, 15) is 9.59 Å². The van der Waals surface area contributed by atoms with Crippen LogP contribution in [0.5, 0.6) is 0 Å². The van der Waals surface area contributed by atoms with Gasteiger partial charge in [-0.1, -0.05) is 6.08 Å². The van der Waals surface area contributed by atoms with Crippen LogP contribution in [-0.4, -0.2) is 55.4 Å². The second-order valence-electron chi connectivity index (χ2n) is 4.22. The predicted octanol–water partition coefficient (Wildman–Crippen LogP) is 0.839. The topological polar surface area (TPSA) is 78.9 Å². The second kappa shape index (κ2) is 7.71. The minimum absolute atomic E-state index is 0.0815. The highest BCUT2D eigenvalue weighted by Crippen LogP contribution is 2.10. The van der Waals surface area contributed by atoms with Gasteiger partial charge in [0, 0.05) is 33.2 Å². The molecule has 2 N–H and O–H groups in total. The molecule has 0 aliphatic carbocycles. The van der Waals surface area contributed by atoms with E-state index >= 15 is 0 Å². The van der Waals surface area contributed by atoms with Crippen molar-refractivity contribution in [2.45, 2.75) is 19.3 Å². The highest BCUT2D eigenvalue weighted by Gasteiger charge is 2.16. The fraction of sp³-hybridized carbons (Fsp3) is 0.667. The zero-order valence-corrected chi connectivity index (χ0v) is 10.6. The Morgan fingerprint density at radius 2 is 2.33 bits per heavy atom. The summed E-state index contributed by atoms with van der Waals surface area (Å²) in [6.45, 7) is 2.29. The second-order valence-corrected chi connectivity index (χ2v) is 4.22. The maximum atomic E-state index is 11.7. The molecule has 6 heteroatoms. The molecule has 0 aromatic rings. The number of carbonyl (C=O) groups excluding carboxylic acids is 1. The molecule has 102 valence electrons. The average molecular weight is 256 g/mol. The van der Waals surface area contributed by atoms with Gasteiger partial charge in [-0.05, 0) is 18.4 Å². The Morgan fingerprint density at radius 1 is 1.56 bits per heavy atom. The lowest BCUT2D eigenvalue weighted by atomic mass is 10.1. The molecule has 0 spiro atoms. The van der Waals surface area contributed by atoms with Crippen molar-refractivity contribution in [3.05, 3.63) is 11.6 Å². The number of urea groups is 1. The van der Waals surface area contributed by atoms with Gasteiger partial charge in [-0.15, -0.1) is 0 Å². The molecule has 0 saturated carbocycles. The fourth-order valence-corrected chi connectivity index (χ4v) is 1.76. The van der Waals surface area contributed by atoms with E-state index in [4.69, 9.17) is 9.84 Å². The van der Waals surface area contributed by atoms with Crippen molar-refractivity contribution in [3.8, 4) is 0 Å². The number of ether oxygens (including phenoxy) is 1. The van der Waals surface area contributed by atoms with Crippen molar-refractivity contribution in [1.82, 2.24) is 10.2 Å². The van der Waals surface area contributed by atoms with Gasteiger partial charge in [-0.25, -0.2) is 4.79 Å². The quantitative estimate of drug-likeness (QED) is 0.545. The zero-order valence-electron chi connectivity index (χ0n) is 10.6. The Morgan fingerprint density at radius 3 is 2.89 bits per heavy atom. The Labute approximate surface area is 107 Å². The molecule has 0 radical (unpaired) electrons. The summed E-state index contributed by atoms with van der Waals surface area (Å²) in [7, 11) is 1.66. The van der Waals surface area contributed by atoms with E-state index in [1.165, 1.54) is 5.57 Å². The minimum atomic E-state index is -0.839. The number of methoxy groups -OCH3 is 1. The van der Waals surface area contributed by atoms with Gasteiger partial charge in [0.1, 0.15) is 0 Å². The number of hydrogen-bond donors (Lipinski definition) is 2. The van der Waals surface area contributed by atoms with Gasteiger partial charge in [0.2, 0.25) is 0 Å². The van der Waals surface area contributed by atoms with Gasteiger partial charge >= 0.3 is 12.0 Å². The van der Waals surface area contributed by atoms with Crippen LogP contribution in [-0.2, 0) is 9.53 Å². The van der Waals surface area contributed by atoms with Gasteiger partial charge in [0.15, 0.2) is 0 Å². The molecule has 1 rings (SSSR count). The molecule has 1 aliphatic heterocycles. The maximum absolute atomic E-state index is 11.7. The van der Waals surface area contributed by atoms with Gasteiger partial charge in [-0.3, -0.25) is 4.79 Å². The Balaban J connectivity index is 2.21. The van der Waals surface area contributed by atoms with Gasteiger partial charge in [0.25, 0.3) is 0 Å². The molecule has 18 heavy (non-hydrogen) atoms. The Bertz CT molecular complexity index is 328. The summed E-state index contributed by atoms with van der Waals surface area (Å²) >= 11 is 0. The summed E-state index contributed by atoms with van der Waals surface area (Å²) in [5, 5.41) is 11.2. The highest BCUT2D eigenvalue weighted by atomic mass is 16.5. The lowest BCUT2D eigenvalue weighted by Crippen LogP contribution is -2.42. The lowest BCUT2D eigenvalue weighted by molar-refractivity contribution is -0.137. The van der Waals surface area contributed by atoms with Crippen molar-refractivity contribution in [3.63, 3.8) is 0 Å². The molecule has 0 aromatic heterocycles. The van der Waals surface area contributed by atoms with Crippen molar-refractivity contribution >= 4 is 12.0 Å². The minimum Gasteiger partial charge on any atom is -0.481 e. The molecule has 0 unspecified atom stereocenters. The summed E-state index contributed by atoms with van der Waals surface area (Å²) in [5.74, 6) is -0.839. The number of nitrogens with one attached hydrogen (secondary N) is 1. The largest absolute Gasteiger partial charge is 0.481 e. The molecule has 0 atom stereocenters.